The summed E-state index contributed by atoms with van der Waals surface area (Å²) < 4.78 is 14.4. The number of hydrogen-bond acceptors (Lipinski definition) is 6. The van der Waals surface area contributed by atoms with Gasteiger partial charge in [0.2, 0.25) is 0 Å². The summed E-state index contributed by atoms with van der Waals surface area (Å²) >= 11 is 0. The van der Waals surface area contributed by atoms with Crippen LogP contribution in [0.3, 0.4) is 0 Å². The van der Waals surface area contributed by atoms with Gasteiger partial charge in [-0.25, -0.2) is 14.4 Å². The first-order chi connectivity index (χ1) is 18.7. The van der Waals surface area contributed by atoms with Crippen molar-refractivity contribution in [1.29, 1.82) is 0 Å². The number of likely N-dealkylation sites (tertiary alicyclic amines) is 2. The number of nitrogens with zero attached hydrogens (tertiary/aromatic N) is 6. The zero-order chi connectivity index (χ0) is 28.2. The Labute approximate surface area is 235 Å². The lowest BCUT2D eigenvalue weighted by Gasteiger charge is -2.60. The van der Waals surface area contributed by atoms with E-state index in [0.29, 0.717) is 17.2 Å². The summed E-state index contributed by atoms with van der Waals surface area (Å²) in [5.41, 5.74) is 1.47. The standard InChI is InChI=1S/C29H44FN7.C2H6/c1-6-8-9-25-32-26(34-33-25)23(7-2)15-28(5)17-36(18-28)22(4)37-19-29(20-37)10-12-35(13-11-29)27-24(30)14-21(3)16-31-27;1-2/h14,16,23H,4,6-13,15,17-20H2,1-3,5H3,(H,32,33,34);1-2H3. The van der Waals surface area contributed by atoms with Gasteiger partial charge in [-0.3, -0.25) is 5.10 Å². The number of aromatic amines is 1. The van der Waals surface area contributed by atoms with Gasteiger partial charge in [0.25, 0.3) is 0 Å². The Morgan fingerprint density at radius 1 is 1.13 bits per heavy atom. The van der Waals surface area contributed by atoms with Gasteiger partial charge >= 0.3 is 0 Å². The number of pyridine rings is 1. The Morgan fingerprint density at radius 3 is 2.41 bits per heavy atom. The smallest absolute Gasteiger partial charge is 0.165 e. The van der Waals surface area contributed by atoms with Gasteiger partial charge in [-0.05, 0) is 50.7 Å². The largest absolute Gasteiger partial charge is 0.358 e. The van der Waals surface area contributed by atoms with Crippen molar-refractivity contribution in [1.82, 2.24) is 30.0 Å². The molecule has 0 bridgehead atoms. The lowest BCUT2D eigenvalue weighted by atomic mass is 9.71. The topological polar surface area (TPSA) is 64.2 Å². The van der Waals surface area contributed by atoms with Gasteiger partial charge in [0, 0.05) is 68.6 Å². The predicted octanol–water partition coefficient (Wildman–Crippen LogP) is 6.30. The molecule has 3 fully saturated rings. The molecule has 3 aliphatic heterocycles. The molecule has 2 aromatic heterocycles. The molecule has 1 spiro atoms. The van der Waals surface area contributed by atoms with Crippen LogP contribution in [0.1, 0.15) is 96.3 Å². The van der Waals surface area contributed by atoms with E-state index in [1.54, 1.807) is 12.3 Å². The molecule has 0 aliphatic carbocycles. The monoisotopic (exact) mass is 539 g/mol. The van der Waals surface area contributed by atoms with Crippen molar-refractivity contribution < 1.29 is 4.39 Å². The molecule has 1 unspecified atom stereocenters. The lowest BCUT2D eigenvalue weighted by Crippen LogP contribution is -2.64. The molecule has 39 heavy (non-hydrogen) atoms. The van der Waals surface area contributed by atoms with E-state index in [0.717, 1.165) is 95.0 Å². The van der Waals surface area contributed by atoms with Gasteiger partial charge in [0.1, 0.15) is 5.82 Å². The molecule has 5 heterocycles. The molecule has 3 aliphatic rings. The summed E-state index contributed by atoms with van der Waals surface area (Å²) in [6.07, 6.45) is 9.41. The molecule has 2 aromatic rings. The van der Waals surface area contributed by atoms with Crippen LogP contribution in [-0.2, 0) is 6.42 Å². The average molecular weight is 540 g/mol. The van der Waals surface area contributed by atoms with Crippen LogP contribution in [0.15, 0.2) is 24.7 Å². The van der Waals surface area contributed by atoms with Crippen molar-refractivity contribution in [2.45, 2.75) is 92.4 Å². The second kappa shape index (κ2) is 12.3. The molecule has 0 aromatic carbocycles. The van der Waals surface area contributed by atoms with Gasteiger partial charge < -0.3 is 14.7 Å². The summed E-state index contributed by atoms with van der Waals surface area (Å²) in [6, 6.07) is 1.58. The molecule has 8 heteroatoms. The Bertz CT molecular complexity index is 1090. The maximum atomic E-state index is 14.4. The minimum atomic E-state index is -0.203. The lowest BCUT2D eigenvalue weighted by molar-refractivity contribution is -0.0543. The fourth-order valence-corrected chi connectivity index (χ4v) is 6.56. The first-order valence-electron chi connectivity index (χ1n) is 15.2. The van der Waals surface area contributed by atoms with E-state index >= 15 is 0 Å². The van der Waals surface area contributed by atoms with Gasteiger partial charge in [-0.2, -0.15) is 5.10 Å². The van der Waals surface area contributed by atoms with Crippen molar-refractivity contribution in [3.63, 3.8) is 0 Å². The van der Waals surface area contributed by atoms with Crippen molar-refractivity contribution >= 4 is 5.82 Å². The third-order valence-electron chi connectivity index (χ3n) is 8.92. The Kier molecular flexibility index (Phi) is 9.22. The zero-order valence-electron chi connectivity index (χ0n) is 25.2. The van der Waals surface area contributed by atoms with Gasteiger partial charge in [0.05, 0.1) is 5.82 Å². The van der Waals surface area contributed by atoms with Crippen LogP contribution < -0.4 is 4.90 Å². The van der Waals surface area contributed by atoms with Crippen LogP contribution in [0.2, 0.25) is 0 Å². The maximum Gasteiger partial charge on any atom is 0.165 e. The Morgan fingerprint density at radius 2 is 1.79 bits per heavy atom. The number of aromatic nitrogens is 4. The molecule has 0 saturated carbocycles. The summed E-state index contributed by atoms with van der Waals surface area (Å²) in [6.45, 7) is 23.2. The summed E-state index contributed by atoms with van der Waals surface area (Å²) in [5.74, 6) is 3.90. The fraction of sp³-hybridized carbons (Fsp3) is 0.710. The highest BCUT2D eigenvalue weighted by atomic mass is 19.1. The predicted molar refractivity (Wildman–Crippen MR) is 157 cm³/mol. The molecule has 216 valence electrons. The molecular formula is C31H50FN7. The minimum absolute atomic E-state index is 0.203. The second-order valence-electron chi connectivity index (χ2n) is 12.3. The van der Waals surface area contributed by atoms with Crippen LogP contribution in [0, 0.1) is 23.6 Å². The number of nitrogens with one attached hydrogen (secondary N) is 1. The highest BCUT2D eigenvalue weighted by Crippen LogP contribution is 2.46. The Balaban J connectivity index is 0.00000172. The van der Waals surface area contributed by atoms with Crippen molar-refractivity contribution in [3.8, 4) is 0 Å². The van der Waals surface area contributed by atoms with Gasteiger partial charge in [-0.15, -0.1) is 0 Å². The number of anilines is 1. The third-order valence-corrected chi connectivity index (χ3v) is 8.92. The number of unbranched alkanes of at least 4 members (excludes halogenated alkanes) is 1. The molecule has 5 rings (SSSR count). The zero-order valence-corrected chi connectivity index (χ0v) is 25.2. The van der Waals surface area contributed by atoms with E-state index in [2.05, 4.69) is 57.2 Å². The van der Waals surface area contributed by atoms with Crippen molar-refractivity contribution in [3.05, 3.63) is 47.7 Å². The average Bonchev–Trinajstić information content (AvgIpc) is 3.37. The number of H-pyrrole nitrogens is 1. The summed E-state index contributed by atoms with van der Waals surface area (Å²) in [5, 5.41) is 7.73. The molecule has 0 radical (unpaired) electrons. The molecule has 1 N–H and O–H groups in total. The third kappa shape index (κ3) is 6.41. The SMILES string of the molecule is C=C(N1CC(C)(CC(CC)c2n[nH]c(CCCC)n2)C1)N1CC2(CCN(c3ncc(C)cc3F)CC2)C1.CC. The van der Waals surface area contributed by atoms with E-state index in [1.807, 2.05) is 20.8 Å². The maximum absolute atomic E-state index is 14.4. The van der Waals surface area contributed by atoms with Crippen LogP contribution in [0.5, 0.6) is 0 Å². The normalized spacial score (nSPS) is 20.1. The molecule has 0 amide bonds. The summed E-state index contributed by atoms with van der Waals surface area (Å²) in [7, 11) is 0. The Hall–Kier alpha value is -2.64. The number of hydrogen-bond donors (Lipinski definition) is 1. The number of halogens is 1. The minimum Gasteiger partial charge on any atom is -0.358 e. The van der Waals surface area contributed by atoms with E-state index in [4.69, 9.17) is 4.98 Å². The first kappa shape index (κ1) is 29.3. The molecule has 3 saturated heterocycles. The fourth-order valence-electron chi connectivity index (χ4n) is 6.56. The van der Waals surface area contributed by atoms with Crippen molar-refractivity contribution in [2.75, 3.05) is 44.2 Å². The van der Waals surface area contributed by atoms with E-state index in [1.165, 1.54) is 12.2 Å². The first-order valence-corrected chi connectivity index (χ1v) is 15.2. The highest BCUT2D eigenvalue weighted by molar-refractivity contribution is 5.42. The quantitative estimate of drug-likeness (QED) is 0.383. The highest BCUT2D eigenvalue weighted by Gasteiger charge is 2.49. The number of piperidine rings is 1. The van der Waals surface area contributed by atoms with E-state index in [9.17, 15) is 4.39 Å². The van der Waals surface area contributed by atoms with Crippen LogP contribution in [0.25, 0.3) is 0 Å². The number of aryl methyl sites for hydroxylation is 2. The molecule has 7 nitrogen and oxygen atoms in total. The van der Waals surface area contributed by atoms with Gasteiger partial charge in [-0.1, -0.05) is 47.6 Å². The van der Waals surface area contributed by atoms with E-state index < -0.39 is 0 Å². The van der Waals surface area contributed by atoms with Crippen LogP contribution in [0.4, 0.5) is 10.2 Å². The summed E-state index contributed by atoms with van der Waals surface area (Å²) in [4.78, 5) is 16.2. The molecular weight excluding hydrogens is 489 g/mol. The van der Waals surface area contributed by atoms with E-state index in [-0.39, 0.29) is 11.2 Å². The van der Waals surface area contributed by atoms with Crippen LogP contribution >= 0.6 is 0 Å². The number of rotatable bonds is 10. The van der Waals surface area contributed by atoms with Crippen LogP contribution in [-0.4, -0.2) is 69.2 Å². The second-order valence-corrected chi connectivity index (χ2v) is 12.3. The molecule has 1 atom stereocenters. The van der Waals surface area contributed by atoms with Gasteiger partial charge in [0.15, 0.2) is 17.5 Å². The van der Waals surface area contributed by atoms with Crippen molar-refractivity contribution in [2.24, 2.45) is 10.8 Å².